The van der Waals surface area contributed by atoms with Crippen LogP contribution in [0.4, 0.5) is 13.2 Å². The van der Waals surface area contributed by atoms with Gasteiger partial charge in [0.15, 0.2) is 0 Å². The molecule has 0 aliphatic carbocycles. The first-order valence-corrected chi connectivity index (χ1v) is 6.31. The van der Waals surface area contributed by atoms with Gasteiger partial charge in [-0.05, 0) is 24.2 Å². The number of hydrogen-bond acceptors (Lipinski definition) is 2. The number of aromatic nitrogens is 2. The van der Waals surface area contributed by atoms with Crippen LogP contribution in [0.5, 0.6) is 0 Å². The molecule has 1 N–H and O–H groups in total. The van der Waals surface area contributed by atoms with Crippen molar-refractivity contribution in [2.45, 2.75) is 19.1 Å². The van der Waals surface area contributed by atoms with Crippen molar-refractivity contribution in [2.24, 2.45) is 7.05 Å². The van der Waals surface area contributed by atoms with Crippen LogP contribution in [0.25, 0.3) is 0 Å². The summed E-state index contributed by atoms with van der Waals surface area (Å²) in [6, 6.07) is 5.08. The molecule has 0 amide bonds. The highest BCUT2D eigenvalue weighted by molar-refractivity contribution is 5.33. The van der Waals surface area contributed by atoms with E-state index < -0.39 is 11.7 Å². The molecule has 1 heterocycles. The molecule has 0 spiro atoms. The summed E-state index contributed by atoms with van der Waals surface area (Å²) in [5.41, 5.74) is 0.783. The summed E-state index contributed by atoms with van der Waals surface area (Å²) in [6.07, 6.45) is -0.872. The standard InChI is InChI=1S/C14H16F3N3/c1-3-18-13(11-8-19-20(2)9-11)10-5-4-6-12(7-10)14(15,16)17/h4-9,13,18H,3H2,1-2H3. The Balaban J connectivity index is 2.39. The summed E-state index contributed by atoms with van der Waals surface area (Å²) in [5.74, 6) is 0. The van der Waals surface area contributed by atoms with E-state index in [0.29, 0.717) is 12.1 Å². The summed E-state index contributed by atoms with van der Waals surface area (Å²) in [6.45, 7) is 2.56. The Morgan fingerprint density at radius 3 is 2.60 bits per heavy atom. The summed E-state index contributed by atoms with van der Waals surface area (Å²) in [4.78, 5) is 0. The van der Waals surface area contributed by atoms with Crippen LogP contribution in [0.15, 0.2) is 36.7 Å². The molecule has 6 heteroatoms. The van der Waals surface area contributed by atoms with Crippen molar-refractivity contribution in [2.75, 3.05) is 6.54 Å². The highest BCUT2D eigenvalue weighted by Gasteiger charge is 2.31. The Kier molecular flexibility index (Phi) is 4.13. The van der Waals surface area contributed by atoms with E-state index in [1.807, 2.05) is 6.92 Å². The molecule has 20 heavy (non-hydrogen) atoms. The molecule has 3 nitrogen and oxygen atoms in total. The van der Waals surface area contributed by atoms with Crippen molar-refractivity contribution in [3.8, 4) is 0 Å². The van der Waals surface area contributed by atoms with Crippen LogP contribution < -0.4 is 5.32 Å². The zero-order valence-electron chi connectivity index (χ0n) is 11.3. The summed E-state index contributed by atoms with van der Waals surface area (Å²) in [7, 11) is 1.78. The second-order valence-corrected chi connectivity index (χ2v) is 4.56. The first-order valence-electron chi connectivity index (χ1n) is 6.31. The van der Waals surface area contributed by atoms with Gasteiger partial charge in [0.2, 0.25) is 0 Å². The molecule has 0 saturated carbocycles. The first kappa shape index (κ1) is 14.6. The fourth-order valence-electron chi connectivity index (χ4n) is 2.12. The van der Waals surface area contributed by atoms with Gasteiger partial charge in [0.1, 0.15) is 0 Å². The van der Waals surface area contributed by atoms with Crippen molar-refractivity contribution in [3.63, 3.8) is 0 Å². The summed E-state index contributed by atoms with van der Waals surface area (Å²) >= 11 is 0. The minimum Gasteiger partial charge on any atom is -0.306 e. The van der Waals surface area contributed by atoms with Gasteiger partial charge < -0.3 is 5.32 Å². The Morgan fingerprint density at radius 2 is 2.05 bits per heavy atom. The third-order valence-electron chi connectivity index (χ3n) is 3.01. The van der Waals surface area contributed by atoms with E-state index >= 15 is 0 Å². The van der Waals surface area contributed by atoms with Gasteiger partial charge in [-0.25, -0.2) is 0 Å². The molecule has 0 fully saturated rings. The molecule has 0 aliphatic rings. The second-order valence-electron chi connectivity index (χ2n) is 4.56. The van der Waals surface area contributed by atoms with Crippen molar-refractivity contribution in [1.82, 2.24) is 15.1 Å². The number of nitrogens with zero attached hydrogens (tertiary/aromatic N) is 2. The lowest BCUT2D eigenvalue weighted by molar-refractivity contribution is -0.137. The maximum absolute atomic E-state index is 12.8. The van der Waals surface area contributed by atoms with Crippen LogP contribution in [0, 0.1) is 0 Å². The zero-order valence-corrected chi connectivity index (χ0v) is 11.3. The Morgan fingerprint density at radius 1 is 1.30 bits per heavy atom. The van der Waals surface area contributed by atoms with Gasteiger partial charge in [-0.3, -0.25) is 4.68 Å². The van der Waals surface area contributed by atoms with E-state index in [9.17, 15) is 13.2 Å². The predicted octanol–water partition coefficient (Wildman–Crippen LogP) is 3.14. The van der Waals surface area contributed by atoms with E-state index in [0.717, 1.165) is 11.6 Å². The van der Waals surface area contributed by atoms with Crippen LogP contribution in [0.3, 0.4) is 0 Å². The molecule has 1 atom stereocenters. The fraction of sp³-hybridized carbons (Fsp3) is 0.357. The number of rotatable bonds is 4. The van der Waals surface area contributed by atoms with Crippen LogP contribution in [-0.2, 0) is 13.2 Å². The monoisotopic (exact) mass is 283 g/mol. The fourth-order valence-corrected chi connectivity index (χ4v) is 2.12. The van der Waals surface area contributed by atoms with Crippen molar-refractivity contribution in [3.05, 3.63) is 53.3 Å². The summed E-state index contributed by atoms with van der Waals surface area (Å²) in [5, 5.41) is 7.26. The van der Waals surface area contributed by atoms with E-state index in [2.05, 4.69) is 10.4 Å². The van der Waals surface area contributed by atoms with Crippen LogP contribution in [-0.4, -0.2) is 16.3 Å². The number of benzene rings is 1. The number of nitrogens with one attached hydrogen (secondary N) is 1. The third kappa shape index (κ3) is 3.19. The molecular formula is C14H16F3N3. The SMILES string of the molecule is CCNC(c1cccc(C(F)(F)F)c1)c1cnn(C)c1. The molecule has 1 unspecified atom stereocenters. The minimum atomic E-state index is -4.33. The van der Waals surface area contributed by atoms with Gasteiger partial charge >= 0.3 is 6.18 Å². The Hall–Kier alpha value is -1.82. The van der Waals surface area contributed by atoms with Crippen molar-refractivity contribution in [1.29, 1.82) is 0 Å². The van der Waals surface area contributed by atoms with Crippen LogP contribution >= 0.6 is 0 Å². The third-order valence-corrected chi connectivity index (χ3v) is 3.01. The highest BCUT2D eigenvalue weighted by atomic mass is 19.4. The Bertz CT molecular complexity index is 575. The first-order chi connectivity index (χ1) is 9.41. The quantitative estimate of drug-likeness (QED) is 0.934. The van der Waals surface area contributed by atoms with Crippen molar-refractivity contribution >= 4 is 0 Å². The number of alkyl halides is 3. The van der Waals surface area contributed by atoms with E-state index in [4.69, 9.17) is 0 Å². The van der Waals surface area contributed by atoms with Gasteiger partial charge in [0, 0.05) is 18.8 Å². The zero-order chi connectivity index (χ0) is 14.8. The average molecular weight is 283 g/mol. The molecule has 1 aromatic heterocycles. The van der Waals surface area contributed by atoms with E-state index in [1.54, 1.807) is 30.2 Å². The second kappa shape index (κ2) is 5.66. The van der Waals surface area contributed by atoms with E-state index in [1.165, 1.54) is 12.1 Å². The van der Waals surface area contributed by atoms with Gasteiger partial charge in [0.05, 0.1) is 17.8 Å². The molecule has 0 radical (unpaired) electrons. The smallest absolute Gasteiger partial charge is 0.306 e. The molecule has 108 valence electrons. The van der Waals surface area contributed by atoms with Crippen LogP contribution in [0.2, 0.25) is 0 Å². The molecule has 2 aromatic rings. The highest BCUT2D eigenvalue weighted by Crippen LogP contribution is 2.32. The number of halogens is 3. The molecule has 2 rings (SSSR count). The lowest BCUT2D eigenvalue weighted by Gasteiger charge is -2.18. The van der Waals surface area contributed by atoms with Gasteiger partial charge in [0.25, 0.3) is 0 Å². The lowest BCUT2D eigenvalue weighted by Crippen LogP contribution is -2.22. The maximum atomic E-state index is 12.8. The average Bonchev–Trinajstić information content (AvgIpc) is 2.81. The van der Waals surface area contributed by atoms with E-state index in [-0.39, 0.29) is 6.04 Å². The molecule has 1 aromatic carbocycles. The summed E-state index contributed by atoms with van der Waals surface area (Å²) < 4.78 is 40.0. The topological polar surface area (TPSA) is 29.9 Å². The molecule has 0 aliphatic heterocycles. The minimum absolute atomic E-state index is 0.295. The largest absolute Gasteiger partial charge is 0.416 e. The lowest BCUT2D eigenvalue weighted by atomic mass is 9.99. The number of hydrogen-bond donors (Lipinski definition) is 1. The van der Waals surface area contributed by atoms with Crippen LogP contribution in [0.1, 0.15) is 29.7 Å². The van der Waals surface area contributed by atoms with Crippen molar-refractivity contribution < 1.29 is 13.2 Å². The van der Waals surface area contributed by atoms with Gasteiger partial charge in [-0.2, -0.15) is 18.3 Å². The normalized spacial score (nSPS) is 13.4. The number of aryl methyl sites for hydroxylation is 1. The van der Waals surface area contributed by atoms with Gasteiger partial charge in [-0.1, -0.05) is 19.1 Å². The Labute approximate surface area is 115 Å². The van der Waals surface area contributed by atoms with Gasteiger partial charge in [-0.15, -0.1) is 0 Å². The molecule has 0 saturated heterocycles. The molecular weight excluding hydrogens is 267 g/mol. The molecule has 0 bridgehead atoms. The predicted molar refractivity (Wildman–Crippen MR) is 70.2 cm³/mol. The maximum Gasteiger partial charge on any atom is 0.416 e.